The number of allylic oxidation sites excluding steroid dienone is 5. The lowest BCUT2D eigenvalue weighted by Gasteiger charge is -2.06. The SMILES string of the molecule is O=C(O)C=CC1=C(S)CC(=O)C=C1. The largest absolute Gasteiger partial charge is 0.478 e. The molecule has 13 heavy (non-hydrogen) atoms. The Morgan fingerprint density at radius 3 is 2.77 bits per heavy atom. The lowest BCUT2D eigenvalue weighted by atomic mass is 10.1. The summed E-state index contributed by atoms with van der Waals surface area (Å²) >= 11 is 4.08. The normalized spacial score (nSPS) is 17.2. The van der Waals surface area contributed by atoms with Crippen molar-refractivity contribution in [2.24, 2.45) is 0 Å². The Balaban J connectivity index is 2.82. The predicted molar refractivity (Wildman–Crippen MR) is 51.6 cm³/mol. The number of rotatable bonds is 2. The molecule has 0 aromatic carbocycles. The smallest absolute Gasteiger partial charge is 0.328 e. The van der Waals surface area contributed by atoms with Gasteiger partial charge in [-0.2, -0.15) is 0 Å². The van der Waals surface area contributed by atoms with E-state index in [0.717, 1.165) is 6.08 Å². The second-order valence-corrected chi connectivity index (χ2v) is 3.09. The number of thiol groups is 1. The van der Waals surface area contributed by atoms with Gasteiger partial charge in [-0.25, -0.2) is 4.79 Å². The highest BCUT2D eigenvalue weighted by atomic mass is 32.1. The van der Waals surface area contributed by atoms with E-state index in [9.17, 15) is 9.59 Å². The Morgan fingerprint density at radius 2 is 2.23 bits per heavy atom. The fourth-order valence-corrected chi connectivity index (χ4v) is 1.22. The van der Waals surface area contributed by atoms with Crippen LogP contribution in [-0.2, 0) is 9.59 Å². The topological polar surface area (TPSA) is 54.4 Å². The Bertz CT molecular complexity index is 337. The molecule has 0 amide bonds. The van der Waals surface area contributed by atoms with Gasteiger partial charge in [-0.3, -0.25) is 4.79 Å². The molecule has 0 atom stereocenters. The number of carboxylic acids is 1. The average molecular weight is 196 g/mol. The second-order valence-electron chi connectivity index (χ2n) is 2.55. The van der Waals surface area contributed by atoms with Crippen LogP contribution in [0.2, 0.25) is 0 Å². The molecule has 1 rings (SSSR count). The lowest BCUT2D eigenvalue weighted by molar-refractivity contribution is -0.131. The van der Waals surface area contributed by atoms with Crippen LogP contribution in [0.3, 0.4) is 0 Å². The summed E-state index contributed by atoms with van der Waals surface area (Å²) in [6, 6.07) is 0. The molecular formula is C9H8O3S. The van der Waals surface area contributed by atoms with E-state index in [1.807, 2.05) is 0 Å². The van der Waals surface area contributed by atoms with Crippen molar-refractivity contribution in [1.82, 2.24) is 0 Å². The fourth-order valence-electron chi connectivity index (χ4n) is 0.918. The maximum absolute atomic E-state index is 10.8. The van der Waals surface area contributed by atoms with Crippen molar-refractivity contribution >= 4 is 24.4 Å². The standard InChI is InChI=1S/C9H8O3S/c10-7-3-1-6(8(13)5-7)2-4-9(11)12/h1-4,13H,5H2,(H,11,12). The molecule has 0 aromatic rings. The molecule has 0 heterocycles. The number of hydrogen-bond donors (Lipinski definition) is 2. The Kier molecular flexibility index (Phi) is 3.08. The molecule has 68 valence electrons. The summed E-state index contributed by atoms with van der Waals surface area (Å²) in [5.74, 6) is -1.03. The molecule has 0 aliphatic heterocycles. The minimum atomic E-state index is -1.01. The first kappa shape index (κ1) is 9.80. The highest BCUT2D eigenvalue weighted by molar-refractivity contribution is 7.84. The first-order valence-electron chi connectivity index (χ1n) is 3.63. The van der Waals surface area contributed by atoms with E-state index in [1.54, 1.807) is 6.08 Å². The van der Waals surface area contributed by atoms with Gasteiger partial charge < -0.3 is 5.11 Å². The summed E-state index contributed by atoms with van der Waals surface area (Å²) < 4.78 is 0. The molecule has 0 saturated heterocycles. The second kappa shape index (κ2) is 4.09. The molecule has 0 saturated carbocycles. The number of carbonyl (C=O) groups is 2. The summed E-state index contributed by atoms with van der Waals surface area (Å²) in [4.78, 5) is 21.6. The number of ketones is 1. The number of aliphatic carboxylic acids is 1. The van der Waals surface area contributed by atoms with Gasteiger partial charge in [0.25, 0.3) is 0 Å². The number of carboxylic acid groups (broad SMARTS) is 1. The highest BCUT2D eigenvalue weighted by Crippen LogP contribution is 2.20. The van der Waals surface area contributed by atoms with Gasteiger partial charge >= 0.3 is 5.97 Å². The van der Waals surface area contributed by atoms with Crippen LogP contribution in [0.15, 0.2) is 34.8 Å². The van der Waals surface area contributed by atoms with E-state index in [4.69, 9.17) is 5.11 Å². The summed E-state index contributed by atoms with van der Waals surface area (Å²) in [5, 5.41) is 8.36. The van der Waals surface area contributed by atoms with E-state index >= 15 is 0 Å². The van der Waals surface area contributed by atoms with Gasteiger partial charge in [-0.15, -0.1) is 12.6 Å². The maximum atomic E-state index is 10.8. The van der Waals surface area contributed by atoms with Gasteiger partial charge in [0.05, 0.1) is 0 Å². The molecule has 4 heteroatoms. The third-order valence-corrected chi connectivity index (χ3v) is 1.95. The molecule has 1 aliphatic rings. The monoisotopic (exact) mass is 196 g/mol. The summed E-state index contributed by atoms with van der Waals surface area (Å²) in [6.07, 6.45) is 5.67. The van der Waals surface area contributed by atoms with Crippen molar-refractivity contribution in [3.05, 3.63) is 34.8 Å². The Hall–Kier alpha value is -1.29. The zero-order valence-electron chi connectivity index (χ0n) is 6.73. The van der Waals surface area contributed by atoms with E-state index in [1.165, 1.54) is 12.2 Å². The van der Waals surface area contributed by atoms with Gasteiger partial charge in [0.1, 0.15) is 0 Å². The minimum absolute atomic E-state index is 0.0162. The maximum Gasteiger partial charge on any atom is 0.328 e. The van der Waals surface area contributed by atoms with Crippen LogP contribution in [0.25, 0.3) is 0 Å². The summed E-state index contributed by atoms with van der Waals surface area (Å²) in [6.45, 7) is 0. The minimum Gasteiger partial charge on any atom is -0.478 e. The summed E-state index contributed by atoms with van der Waals surface area (Å²) in [5.41, 5.74) is 0.672. The van der Waals surface area contributed by atoms with Crippen molar-refractivity contribution in [2.75, 3.05) is 0 Å². The average Bonchev–Trinajstić information content (AvgIpc) is 2.02. The molecule has 1 aliphatic carbocycles. The van der Waals surface area contributed by atoms with Crippen molar-refractivity contribution in [3.63, 3.8) is 0 Å². The van der Waals surface area contributed by atoms with Crippen molar-refractivity contribution < 1.29 is 14.7 Å². The van der Waals surface area contributed by atoms with Crippen molar-refractivity contribution in [3.8, 4) is 0 Å². The Morgan fingerprint density at radius 1 is 1.54 bits per heavy atom. The molecule has 0 fully saturated rings. The van der Waals surface area contributed by atoms with Crippen LogP contribution in [0, 0.1) is 0 Å². The molecule has 0 unspecified atom stereocenters. The van der Waals surface area contributed by atoms with Crippen LogP contribution in [0.1, 0.15) is 6.42 Å². The zero-order chi connectivity index (χ0) is 9.84. The first-order chi connectivity index (χ1) is 6.09. The van der Waals surface area contributed by atoms with Gasteiger partial charge in [0, 0.05) is 12.5 Å². The van der Waals surface area contributed by atoms with Gasteiger partial charge in [-0.1, -0.05) is 6.08 Å². The lowest BCUT2D eigenvalue weighted by Crippen LogP contribution is -1.99. The van der Waals surface area contributed by atoms with E-state index < -0.39 is 5.97 Å². The van der Waals surface area contributed by atoms with Crippen LogP contribution in [0.4, 0.5) is 0 Å². The number of hydrogen-bond acceptors (Lipinski definition) is 3. The van der Waals surface area contributed by atoms with Crippen LogP contribution in [0.5, 0.6) is 0 Å². The van der Waals surface area contributed by atoms with Crippen LogP contribution in [-0.4, -0.2) is 16.9 Å². The van der Waals surface area contributed by atoms with E-state index in [0.29, 0.717) is 10.5 Å². The molecule has 0 radical (unpaired) electrons. The molecule has 3 nitrogen and oxygen atoms in total. The van der Waals surface area contributed by atoms with Crippen LogP contribution >= 0.6 is 12.6 Å². The van der Waals surface area contributed by atoms with Gasteiger partial charge in [-0.05, 0) is 22.6 Å². The zero-order valence-corrected chi connectivity index (χ0v) is 7.62. The quantitative estimate of drug-likeness (QED) is 0.517. The molecule has 1 N–H and O–H groups in total. The molecule has 0 bridgehead atoms. The summed E-state index contributed by atoms with van der Waals surface area (Å²) in [7, 11) is 0. The number of carbonyl (C=O) groups excluding carboxylic acids is 1. The molecular weight excluding hydrogens is 188 g/mol. The van der Waals surface area contributed by atoms with E-state index in [-0.39, 0.29) is 12.2 Å². The molecule has 0 aromatic heterocycles. The van der Waals surface area contributed by atoms with Gasteiger partial charge in [0.2, 0.25) is 0 Å². The first-order valence-corrected chi connectivity index (χ1v) is 4.08. The third kappa shape index (κ3) is 2.91. The van der Waals surface area contributed by atoms with Crippen LogP contribution < -0.4 is 0 Å². The Labute approximate surface area is 80.9 Å². The van der Waals surface area contributed by atoms with Crippen molar-refractivity contribution in [1.29, 1.82) is 0 Å². The van der Waals surface area contributed by atoms with Gasteiger partial charge in [0.15, 0.2) is 5.78 Å². The fraction of sp³-hybridized carbons (Fsp3) is 0.111. The van der Waals surface area contributed by atoms with E-state index in [2.05, 4.69) is 12.6 Å². The molecule has 0 spiro atoms. The third-order valence-electron chi connectivity index (χ3n) is 1.53. The highest BCUT2D eigenvalue weighted by Gasteiger charge is 2.08. The van der Waals surface area contributed by atoms with Crippen molar-refractivity contribution in [2.45, 2.75) is 6.42 Å². The predicted octanol–water partition coefficient (Wildman–Crippen LogP) is 1.34.